The monoisotopic (exact) mass is 293 g/mol. The van der Waals surface area contributed by atoms with Gasteiger partial charge in [0.05, 0.1) is 4.92 Å². The number of carbonyl (C=O) groups excluding carboxylic acids is 1. The molecule has 0 saturated heterocycles. The Hall–Kier alpha value is -3.28. The molecule has 0 heterocycles. The standard InChI is InChI=1S/C12H11N3O6/c1-2-14-12(19)7(5-13)10(17)6-3-8(15(20)21)11(18)9(16)4-6/h3-4,16-18H,2H2,1H3,(H,14,19)/b10-7-. The summed E-state index contributed by atoms with van der Waals surface area (Å²) in [7, 11) is 0. The van der Waals surface area contributed by atoms with Gasteiger partial charge in [-0.3, -0.25) is 14.9 Å². The van der Waals surface area contributed by atoms with Gasteiger partial charge in [0.1, 0.15) is 11.8 Å². The van der Waals surface area contributed by atoms with Crippen molar-refractivity contribution in [3.63, 3.8) is 0 Å². The van der Waals surface area contributed by atoms with E-state index < -0.39 is 39.3 Å². The Kier molecular flexibility index (Phi) is 4.69. The number of benzene rings is 1. The molecule has 4 N–H and O–H groups in total. The number of phenolic OH excluding ortho intramolecular Hbond substituents is 2. The molecule has 9 nitrogen and oxygen atoms in total. The molecule has 1 amide bonds. The van der Waals surface area contributed by atoms with Gasteiger partial charge in [0.15, 0.2) is 11.3 Å². The number of nitro benzene ring substituents is 1. The SMILES string of the molecule is CCNC(=O)/C(C#N)=C(\O)c1cc(O)c(O)c([N+](=O)[O-])c1. The van der Waals surface area contributed by atoms with E-state index in [1.165, 1.54) is 6.07 Å². The van der Waals surface area contributed by atoms with Crippen molar-refractivity contribution in [2.45, 2.75) is 6.92 Å². The van der Waals surface area contributed by atoms with E-state index in [1.807, 2.05) is 0 Å². The first kappa shape index (κ1) is 15.8. The van der Waals surface area contributed by atoms with Gasteiger partial charge < -0.3 is 20.6 Å². The van der Waals surface area contributed by atoms with Crippen LogP contribution in [0.5, 0.6) is 11.5 Å². The van der Waals surface area contributed by atoms with Crippen LogP contribution < -0.4 is 5.32 Å². The van der Waals surface area contributed by atoms with Crippen molar-refractivity contribution in [2.75, 3.05) is 6.54 Å². The highest BCUT2D eigenvalue weighted by molar-refractivity contribution is 6.03. The molecule has 1 aromatic rings. The van der Waals surface area contributed by atoms with Gasteiger partial charge >= 0.3 is 5.69 Å². The molecule has 0 spiro atoms. The summed E-state index contributed by atoms with van der Waals surface area (Å²) in [6, 6.07) is 3.01. The number of likely N-dealkylation sites (N-methyl/N-ethyl adjacent to an activating group) is 1. The van der Waals surface area contributed by atoms with Crippen LogP contribution in [0, 0.1) is 21.4 Å². The third kappa shape index (κ3) is 3.19. The molecule has 0 radical (unpaired) electrons. The van der Waals surface area contributed by atoms with Crippen LogP contribution in [0.3, 0.4) is 0 Å². The van der Waals surface area contributed by atoms with E-state index in [0.717, 1.165) is 12.1 Å². The van der Waals surface area contributed by atoms with Gasteiger partial charge in [0, 0.05) is 18.2 Å². The van der Waals surface area contributed by atoms with Crippen molar-refractivity contribution in [1.82, 2.24) is 5.32 Å². The van der Waals surface area contributed by atoms with Gasteiger partial charge in [-0.25, -0.2) is 0 Å². The van der Waals surface area contributed by atoms with Crippen LogP contribution >= 0.6 is 0 Å². The van der Waals surface area contributed by atoms with Crippen molar-refractivity contribution < 1.29 is 25.0 Å². The first-order valence-electron chi connectivity index (χ1n) is 5.65. The lowest BCUT2D eigenvalue weighted by atomic mass is 10.1. The van der Waals surface area contributed by atoms with Crippen molar-refractivity contribution in [1.29, 1.82) is 5.26 Å². The fraction of sp³-hybridized carbons (Fsp3) is 0.167. The summed E-state index contributed by atoms with van der Waals surface area (Å²) in [5, 5.41) is 50.5. The molecule has 0 aliphatic carbocycles. The fourth-order valence-corrected chi connectivity index (χ4v) is 1.48. The fourth-order valence-electron chi connectivity index (χ4n) is 1.48. The number of amides is 1. The Labute approximate surface area is 118 Å². The minimum absolute atomic E-state index is 0.207. The Morgan fingerprint density at radius 1 is 1.48 bits per heavy atom. The maximum Gasteiger partial charge on any atom is 0.315 e. The number of nitrogens with one attached hydrogen (secondary N) is 1. The first-order valence-corrected chi connectivity index (χ1v) is 5.65. The quantitative estimate of drug-likeness (QED) is 0.160. The van der Waals surface area contributed by atoms with Crippen LogP contribution in [-0.4, -0.2) is 32.7 Å². The summed E-state index contributed by atoms with van der Waals surface area (Å²) in [5.41, 5.74) is -1.89. The van der Waals surface area contributed by atoms with Crippen molar-refractivity contribution >= 4 is 17.4 Å². The number of hydrogen-bond acceptors (Lipinski definition) is 7. The number of aromatic hydroxyl groups is 2. The van der Waals surface area contributed by atoms with E-state index in [0.29, 0.717) is 0 Å². The number of nitrogens with zero attached hydrogens (tertiary/aromatic N) is 2. The molecule has 9 heteroatoms. The second-order valence-corrected chi connectivity index (χ2v) is 3.82. The molecule has 21 heavy (non-hydrogen) atoms. The lowest BCUT2D eigenvalue weighted by Gasteiger charge is -2.06. The van der Waals surface area contributed by atoms with Gasteiger partial charge in [0.2, 0.25) is 5.75 Å². The van der Waals surface area contributed by atoms with Gasteiger partial charge in [-0.05, 0) is 13.0 Å². The number of aliphatic hydroxyl groups excluding tert-OH is 1. The molecule has 0 atom stereocenters. The molecular weight excluding hydrogens is 282 g/mol. The zero-order valence-corrected chi connectivity index (χ0v) is 10.8. The van der Waals surface area contributed by atoms with Gasteiger partial charge in [-0.2, -0.15) is 5.26 Å². The highest BCUT2D eigenvalue weighted by Crippen LogP contribution is 2.37. The van der Waals surface area contributed by atoms with Gasteiger partial charge in [0.25, 0.3) is 5.91 Å². The van der Waals surface area contributed by atoms with Crippen molar-refractivity contribution in [3.8, 4) is 17.6 Å². The molecule has 110 valence electrons. The Balaban J connectivity index is 3.49. The van der Waals surface area contributed by atoms with Crippen LogP contribution in [0.15, 0.2) is 17.7 Å². The van der Waals surface area contributed by atoms with E-state index in [4.69, 9.17) is 5.26 Å². The minimum atomic E-state index is -0.982. The topological polar surface area (TPSA) is 157 Å². The maximum absolute atomic E-state index is 11.6. The molecule has 0 fully saturated rings. The van der Waals surface area contributed by atoms with E-state index in [-0.39, 0.29) is 12.1 Å². The maximum atomic E-state index is 11.6. The smallest absolute Gasteiger partial charge is 0.315 e. The van der Waals surface area contributed by atoms with E-state index in [9.17, 15) is 30.2 Å². The Morgan fingerprint density at radius 2 is 2.10 bits per heavy atom. The number of carbonyl (C=O) groups is 1. The van der Waals surface area contributed by atoms with E-state index in [2.05, 4.69) is 5.32 Å². The van der Waals surface area contributed by atoms with Crippen molar-refractivity contribution in [2.24, 2.45) is 0 Å². The highest BCUT2D eigenvalue weighted by atomic mass is 16.6. The minimum Gasteiger partial charge on any atom is -0.506 e. The summed E-state index contributed by atoms with van der Waals surface area (Å²) < 4.78 is 0. The summed E-state index contributed by atoms with van der Waals surface area (Å²) in [6.45, 7) is 1.80. The van der Waals surface area contributed by atoms with Crippen LogP contribution in [0.25, 0.3) is 5.76 Å². The zero-order valence-electron chi connectivity index (χ0n) is 10.8. The van der Waals surface area contributed by atoms with Crippen LogP contribution in [0.4, 0.5) is 5.69 Å². The third-order valence-corrected chi connectivity index (χ3v) is 2.45. The molecular formula is C12H11N3O6. The second kappa shape index (κ2) is 6.25. The summed E-state index contributed by atoms with van der Waals surface area (Å²) in [4.78, 5) is 21.3. The summed E-state index contributed by atoms with van der Waals surface area (Å²) in [5.74, 6) is -3.55. The van der Waals surface area contributed by atoms with Crippen LogP contribution in [-0.2, 0) is 4.79 Å². The zero-order chi connectivity index (χ0) is 16.2. The van der Waals surface area contributed by atoms with Gasteiger partial charge in [-0.1, -0.05) is 0 Å². The molecule has 0 saturated carbocycles. The molecule has 1 aromatic carbocycles. The van der Waals surface area contributed by atoms with E-state index in [1.54, 1.807) is 6.92 Å². The third-order valence-electron chi connectivity index (χ3n) is 2.45. The Morgan fingerprint density at radius 3 is 2.57 bits per heavy atom. The second-order valence-electron chi connectivity index (χ2n) is 3.82. The first-order chi connectivity index (χ1) is 9.83. The van der Waals surface area contributed by atoms with Crippen LogP contribution in [0.1, 0.15) is 12.5 Å². The number of hydrogen-bond donors (Lipinski definition) is 4. The number of nitro groups is 1. The molecule has 0 aliphatic rings. The van der Waals surface area contributed by atoms with E-state index >= 15 is 0 Å². The summed E-state index contributed by atoms with van der Waals surface area (Å²) >= 11 is 0. The summed E-state index contributed by atoms with van der Waals surface area (Å²) in [6.07, 6.45) is 0. The predicted octanol–water partition coefficient (Wildman–Crippen LogP) is 0.935. The largest absolute Gasteiger partial charge is 0.506 e. The normalized spacial score (nSPS) is 11.2. The Bertz CT molecular complexity index is 674. The number of phenols is 2. The lowest BCUT2D eigenvalue weighted by Crippen LogP contribution is -2.24. The molecule has 1 rings (SSSR count). The molecule has 0 aliphatic heterocycles. The highest BCUT2D eigenvalue weighted by Gasteiger charge is 2.23. The number of rotatable bonds is 4. The lowest BCUT2D eigenvalue weighted by molar-refractivity contribution is -0.386. The molecule has 0 bridgehead atoms. The average molecular weight is 293 g/mol. The number of nitriles is 1. The van der Waals surface area contributed by atoms with Crippen molar-refractivity contribution in [3.05, 3.63) is 33.4 Å². The predicted molar refractivity (Wildman–Crippen MR) is 70.3 cm³/mol. The average Bonchev–Trinajstić information content (AvgIpc) is 2.42. The molecule has 0 aromatic heterocycles. The van der Waals surface area contributed by atoms with Crippen LogP contribution in [0.2, 0.25) is 0 Å². The van der Waals surface area contributed by atoms with Gasteiger partial charge in [-0.15, -0.1) is 0 Å². The number of aliphatic hydroxyl groups is 1. The molecule has 0 unspecified atom stereocenters.